The Morgan fingerprint density at radius 2 is 2.10 bits per heavy atom. The monoisotopic (exact) mass is 354 g/mol. The molecule has 1 aromatic carbocycles. The molecule has 0 atom stereocenters. The summed E-state index contributed by atoms with van der Waals surface area (Å²) in [5.41, 5.74) is 0.478. The molecule has 0 bridgehead atoms. The highest BCUT2D eigenvalue weighted by Crippen LogP contribution is 2.23. The van der Waals surface area contributed by atoms with E-state index in [2.05, 4.69) is 26.2 Å². The van der Waals surface area contributed by atoms with Gasteiger partial charge in [-0.15, -0.1) is 0 Å². The van der Waals surface area contributed by atoms with Gasteiger partial charge in [-0.05, 0) is 34.1 Å². The number of carbonyl (C=O) groups is 1. The Kier molecular flexibility index (Phi) is 5.38. The smallest absolute Gasteiger partial charge is 0.227 e. The van der Waals surface area contributed by atoms with E-state index in [-0.39, 0.29) is 17.5 Å². The first-order valence-corrected chi connectivity index (χ1v) is 7.11. The van der Waals surface area contributed by atoms with Crippen LogP contribution in [0.25, 0.3) is 0 Å². The van der Waals surface area contributed by atoms with E-state index in [0.717, 1.165) is 10.2 Å². The standard InChI is InChI=1S/C14H12BrClN2O2/c15-10-8-12(14(16)17-9-10)18-13(19)6-7-20-11-4-2-1-3-5-11/h1-5,8-9H,6-7H2,(H,18,19). The Bertz CT molecular complexity index is 593. The largest absolute Gasteiger partial charge is 0.493 e. The van der Waals surface area contributed by atoms with E-state index < -0.39 is 0 Å². The fourth-order valence-electron chi connectivity index (χ4n) is 1.50. The van der Waals surface area contributed by atoms with Gasteiger partial charge in [0.25, 0.3) is 0 Å². The molecule has 20 heavy (non-hydrogen) atoms. The highest BCUT2D eigenvalue weighted by atomic mass is 79.9. The van der Waals surface area contributed by atoms with Gasteiger partial charge in [0.1, 0.15) is 5.75 Å². The summed E-state index contributed by atoms with van der Waals surface area (Å²) in [4.78, 5) is 15.7. The summed E-state index contributed by atoms with van der Waals surface area (Å²) in [5.74, 6) is 0.560. The van der Waals surface area contributed by atoms with E-state index in [1.807, 2.05) is 30.3 Å². The van der Waals surface area contributed by atoms with Gasteiger partial charge in [0.15, 0.2) is 5.15 Å². The van der Waals surface area contributed by atoms with Crippen LogP contribution in [0, 0.1) is 0 Å². The molecule has 0 fully saturated rings. The molecule has 0 saturated heterocycles. The number of nitrogens with one attached hydrogen (secondary N) is 1. The Balaban J connectivity index is 1.82. The number of amides is 1. The van der Waals surface area contributed by atoms with Gasteiger partial charge in [-0.2, -0.15) is 0 Å². The maximum atomic E-state index is 11.8. The molecule has 0 saturated carbocycles. The Morgan fingerprint density at radius 3 is 2.85 bits per heavy atom. The topological polar surface area (TPSA) is 51.2 Å². The number of aromatic nitrogens is 1. The van der Waals surface area contributed by atoms with E-state index in [4.69, 9.17) is 16.3 Å². The van der Waals surface area contributed by atoms with Crippen molar-refractivity contribution < 1.29 is 9.53 Å². The summed E-state index contributed by atoms with van der Waals surface area (Å²) in [5, 5.41) is 2.95. The molecule has 1 aromatic heterocycles. The number of para-hydroxylation sites is 1. The van der Waals surface area contributed by atoms with E-state index in [9.17, 15) is 4.79 Å². The van der Waals surface area contributed by atoms with Gasteiger partial charge < -0.3 is 10.1 Å². The number of anilines is 1. The molecule has 1 amide bonds. The maximum absolute atomic E-state index is 11.8. The third kappa shape index (κ3) is 4.51. The minimum absolute atomic E-state index is 0.178. The van der Waals surface area contributed by atoms with Gasteiger partial charge >= 0.3 is 0 Å². The molecule has 2 rings (SSSR count). The Hall–Kier alpha value is -1.59. The summed E-state index contributed by atoms with van der Waals surface area (Å²) in [6.07, 6.45) is 1.80. The Labute approximate surface area is 130 Å². The van der Waals surface area contributed by atoms with Crippen LogP contribution in [0.5, 0.6) is 5.75 Å². The van der Waals surface area contributed by atoms with Crippen LogP contribution in [0.2, 0.25) is 5.15 Å². The minimum atomic E-state index is -0.178. The zero-order valence-electron chi connectivity index (χ0n) is 10.5. The lowest BCUT2D eigenvalue weighted by molar-refractivity contribution is -0.116. The Morgan fingerprint density at radius 1 is 1.35 bits per heavy atom. The maximum Gasteiger partial charge on any atom is 0.227 e. The summed E-state index contributed by atoms with van der Waals surface area (Å²) < 4.78 is 6.20. The predicted octanol–water partition coefficient (Wildman–Crippen LogP) is 3.91. The van der Waals surface area contributed by atoms with Crippen molar-refractivity contribution in [1.82, 2.24) is 4.98 Å². The molecular formula is C14H12BrClN2O2. The fraction of sp³-hybridized carbons (Fsp3) is 0.143. The average Bonchev–Trinajstić information content (AvgIpc) is 2.44. The zero-order chi connectivity index (χ0) is 14.4. The van der Waals surface area contributed by atoms with Crippen molar-refractivity contribution in [2.75, 3.05) is 11.9 Å². The van der Waals surface area contributed by atoms with Crippen LogP contribution in [0.3, 0.4) is 0 Å². The molecule has 1 heterocycles. The number of hydrogen-bond donors (Lipinski definition) is 1. The lowest BCUT2D eigenvalue weighted by Gasteiger charge is -2.08. The van der Waals surface area contributed by atoms with Crippen molar-refractivity contribution in [1.29, 1.82) is 0 Å². The SMILES string of the molecule is O=C(CCOc1ccccc1)Nc1cc(Br)cnc1Cl. The van der Waals surface area contributed by atoms with Crippen LogP contribution in [0.1, 0.15) is 6.42 Å². The molecular weight excluding hydrogens is 344 g/mol. The first-order valence-electron chi connectivity index (χ1n) is 5.94. The van der Waals surface area contributed by atoms with Gasteiger partial charge in [-0.25, -0.2) is 4.98 Å². The van der Waals surface area contributed by atoms with Crippen molar-refractivity contribution in [2.45, 2.75) is 6.42 Å². The van der Waals surface area contributed by atoms with E-state index in [1.54, 1.807) is 12.3 Å². The van der Waals surface area contributed by atoms with E-state index in [0.29, 0.717) is 12.3 Å². The zero-order valence-corrected chi connectivity index (χ0v) is 12.8. The summed E-state index contributed by atoms with van der Waals surface area (Å²) in [6.45, 7) is 0.300. The van der Waals surface area contributed by atoms with E-state index in [1.165, 1.54) is 0 Å². The first-order chi connectivity index (χ1) is 9.65. The van der Waals surface area contributed by atoms with Gasteiger partial charge in [0.2, 0.25) is 5.91 Å². The van der Waals surface area contributed by atoms with Gasteiger partial charge in [0.05, 0.1) is 18.7 Å². The van der Waals surface area contributed by atoms with Gasteiger partial charge in [-0.3, -0.25) is 4.79 Å². The number of halogens is 2. The predicted molar refractivity (Wildman–Crippen MR) is 82.1 cm³/mol. The molecule has 4 nitrogen and oxygen atoms in total. The van der Waals surface area contributed by atoms with Crippen molar-refractivity contribution in [3.8, 4) is 5.75 Å². The number of nitrogens with zero attached hydrogens (tertiary/aromatic N) is 1. The van der Waals surface area contributed by atoms with Crippen LogP contribution in [0.15, 0.2) is 47.1 Å². The second-order valence-corrected chi connectivity index (χ2v) is 5.23. The summed E-state index contributed by atoms with van der Waals surface area (Å²) in [6, 6.07) is 11.0. The molecule has 0 spiro atoms. The third-order valence-electron chi connectivity index (χ3n) is 2.42. The van der Waals surface area contributed by atoms with Crippen LogP contribution < -0.4 is 10.1 Å². The summed E-state index contributed by atoms with van der Waals surface area (Å²) in [7, 11) is 0. The minimum Gasteiger partial charge on any atom is -0.493 e. The summed E-state index contributed by atoms with van der Waals surface area (Å²) >= 11 is 9.16. The van der Waals surface area contributed by atoms with Crippen LogP contribution >= 0.6 is 27.5 Å². The van der Waals surface area contributed by atoms with Crippen LogP contribution in [-0.2, 0) is 4.79 Å². The second kappa shape index (κ2) is 7.26. The van der Waals surface area contributed by atoms with Crippen LogP contribution in [0.4, 0.5) is 5.69 Å². The molecule has 0 radical (unpaired) electrons. The van der Waals surface area contributed by atoms with Crippen LogP contribution in [-0.4, -0.2) is 17.5 Å². The van der Waals surface area contributed by atoms with Crippen molar-refractivity contribution >= 4 is 39.1 Å². The third-order valence-corrected chi connectivity index (χ3v) is 3.16. The second-order valence-electron chi connectivity index (χ2n) is 3.95. The molecule has 0 aliphatic rings. The van der Waals surface area contributed by atoms with Gasteiger partial charge in [-0.1, -0.05) is 29.8 Å². The van der Waals surface area contributed by atoms with Gasteiger partial charge in [0, 0.05) is 10.7 Å². The number of pyridine rings is 1. The molecule has 2 aromatic rings. The number of rotatable bonds is 5. The average molecular weight is 356 g/mol. The van der Waals surface area contributed by atoms with E-state index >= 15 is 0 Å². The molecule has 0 aliphatic heterocycles. The molecule has 6 heteroatoms. The molecule has 104 valence electrons. The number of ether oxygens (including phenoxy) is 1. The molecule has 0 aliphatic carbocycles. The number of carbonyl (C=O) groups excluding carboxylic acids is 1. The number of benzene rings is 1. The quantitative estimate of drug-likeness (QED) is 0.827. The van der Waals surface area contributed by atoms with Crippen molar-refractivity contribution in [3.05, 3.63) is 52.2 Å². The highest BCUT2D eigenvalue weighted by Gasteiger charge is 2.07. The lowest BCUT2D eigenvalue weighted by atomic mass is 10.3. The normalized spacial score (nSPS) is 10.1. The lowest BCUT2D eigenvalue weighted by Crippen LogP contribution is -2.15. The molecule has 1 N–H and O–H groups in total. The fourth-order valence-corrected chi connectivity index (χ4v) is 1.98. The van der Waals surface area contributed by atoms with Crippen molar-refractivity contribution in [2.24, 2.45) is 0 Å². The molecule has 0 unspecified atom stereocenters. The van der Waals surface area contributed by atoms with Crippen molar-refractivity contribution in [3.63, 3.8) is 0 Å². The number of hydrogen-bond acceptors (Lipinski definition) is 3. The first kappa shape index (κ1) is 14.8. The highest BCUT2D eigenvalue weighted by molar-refractivity contribution is 9.10.